The number of rotatable bonds is 3. The Balaban J connectivity index is 1.79. The fraction of sp³-hybridized carbons (Fsp3) is 0.533. The number of hydrogen-bond acceptors (Lipinski definition) is 1. The van der Waals surface area contributed by atoms with Gasteiger partial charge in [-0.15, -0.1) is 0 Å². The first kappa shape index (κ1) is 15.5. The highest BCUT2D eigenvalue weighted by Crippen LogP contribution is 2.21. The van der Waals surface area contributed by atoms with E-state index in [1.165, 1.54) is 25.7 Å². The summed E-state index contributed by atoms with van der Waals surface area (Å²) in [6, 6.07) is 5.47. The first-order valence-electron chi connectivity index (χ1n) is 7.13. The maximum Gasteiger partial charge on any atom is 0.315 e. The number of nitrogens with one attached hydrogen (secondary N) is 2. The van der Waals surface area contributed by atoms with Crippen molar-refractivity contribution < 1.29 is 4.79 Å². The summed E-state index contributed by atoms with van der Waals surface area (Å²) in [5, 5.41) is 7.07. The molecule has 3 nitrogen and oxygen atoms in total. The Morgan fingerprint density at radius 1 is 1.15 bits per heavy atom. The quantitative estimate of drug-likeness (QED) is 0.791. The first-order valence-corrected chi connectivity index (χ1v) is 7.89. The van der Waals surface area contributed by atoms with Crippen molar-refractivity contribution >= 4 is 29.2 Å². The second-order valence-electron chi connectivity index (χ2n) is 5.25. The smallest absolute Gasteiger partial charge is 0.315 e. The van der Waals surface area contributed by atoms with E-state index >= 15 is 0 Å². The lowest BCUT2D eigenvalue weighted by atomic mass is 10.1. The van der Waals surface area contributed by atoms with Crippen LogP contribution in [0.15, 0.2) is 18.2 Å². The highest BCUT2D eigenvalue weighted by atomic mass is 35.5. The third kappa shape index (κ3) is 4.88. The van der Waals surface area contributed by atoms with Crippen molar-refractivity contribution in [3.63, 3.8) is 0 Å². The number of hydrogen-bond donors (Lipinski definition) is 2. The van der Waals surface area contributed by atoms with Crippen molar-refractivity contribution in [1.82, 2.24) is 10.6 Å². The normalized spacial score (nSPS) is 16.5. The molecule has 110 valence electrons. The van der Waals surface area contributed by atoms with E-state index in [1.54, 1.807) is 12.1 Å². The molecule has 0 aromatic heterocycles. The minimum atomic E-state index is -0.122. The number of halogens is 2. The van der Waals surface area contributed by atoms with E-state index in [4.69, 9.17) is 23.2 Å². The molecule has 0 spiro atoms. The van der Waals surface area contributed by atoms with Crippen molar-refractivity contribution in [2.75, 3.05) is 0 Å². The van der Waals surface area contributed by atoms with E-state index in [0.717, 1.165) is 18.4 Å². The van der Waals surface area contributed by atoms with Crippen LogP contribution in [0.5, 0.6) is 0 Å². The van der Waals surface area contributed by atoms with E-state index in [-0.39, 0.29) is 6.03 Å². The summed E-state index contributed by atoms with van der Waals surface area (Å²) in [4.78, 5) is 11.9. The average Bonchev–Trinajstić information content (AvgIpc) is 2.66. The minimum Gasteiger partial charge on any atom is -0.335 e. The van der Waals surface area contributed by atoms with E-state index in [0.29, 0.717) is 22.6 Å². The number of amides is 2. The molecule has 1 aromatic rings. The van der Waals surface area contributed by atoms with Gasteiger partial charge in [-0.1, -0.05) is 55.0 Å². The number of carbonyl (C=O) groups is 1. The van der Waals surface area contributed by atoms with Gasteiger partial charge in [0.25, 0.3) is 0 Å². The second-order valence-corrected chi connectivity index (χ2v) is 6.09. The number of urea groups is 1. The van der Waals surface area contributed by atoms with E-state index in [9.17, 15) is 4.79 Å². The molecule has 0 atom stereocenters. The van der Waals surface area contributed by atoms with Crippen molar-refractivity contribution in [2.45, 2.75) is 51.1 Å². The van der Waals surface area contributed by atoms with Gasteiger partial charge in [-0.3, -0.25) is 0 Å². The predicted molar refractivity (Wildman–Crippen MR) is 83.3 cm³/mol. The lowest BCUT2D eigenvalue weighted by Crippen LogP contribution is -2.41. The minimum absolute atomic E-state index is 0.122. The Morgan fingerprint density at radius 2 is 1.85 bits per heavy atom. The zero-order valence-corrected chi connectivity index (χ0v) is 12.9. The maximum absolute atomic E-state index is 11.9. The topological polar surface area (TPSA) is 41.1 Å². The van der Waals surface area contributed by atoms with Gasteiger partial charge in [0.1, 0.15) is 0 Å². The van der Waals surface area contributed by atoms with Crippen molar-refractivity contribution in [1.29, 1.82) is 0 Å². The SMILES string of the molecule is O=C(NCc1ccc(Cl)cc1Cl)NC1CCCCCC1. The molecule has 1 aliphatic carbocycles. The van der Waals surface area contributed by atoms with Crippen LogP contribution in [0.4, 0.5) is 4.79 Å². The van der Waals surface area contributed by atoms with Crippen molar-refractivity contribution in [3.05, 3.63) is 33.8 Å². The van der Waals surface area contributed by atoms with Gasteiger partial charge in [0.15, 0.2) is 0 Å². The third-order valence-corrected chi connectivity index (χ3v) is 4.23. The third-order valence-electron chi connectivity index (χ3n) is 3.64. The lowest BCUT2D eigenvalue weighted by Gasteiger charge is -2.17. The molecule has 0 radical (unpaired) electrons. The molecule has 2 amide bonds. The Morgan fingerprint density at radius 3 is 2.50 bits per heavy atom. The Kier molecular flexibility index (Phi) is 5.99. The molecule has 5 heteroatoms. The predicted octanol–water partition coefficient (Wildman–Crippen LogP) is 4.52. The van der Waals surface area contributed by atoms with Crippen LogP contribution in [0, 0.1) is 0 Å². The van der Waals surface area contributed by atoms with E-state index in [1.807, 2.05) is 6.07 Å². The van der Waals surface area contributed by atoms with Crippen LogP contribution < -0.4 is 10.6 Å². The number of benzene rings is 1. The molecule has 0 unspecified atom stereocenters. The highest BCUT2D eigenvalue weighted by Gasteiger charge is 2.14. The fourth-order valence-corrected chi connectivity index (χ4v) is 2.98. The van der Waals surface area contributed by atoms with Crippen molar-refractivity contribution in [3.8, 4) is 0 Å². The van der Waals surface area contributed by atoms with Gasteiger partial charge in [-0.05, 0) is 30.5 Å². The largest absolute Gasteiger partial charge is 0.335 e. The summed E-state index contributed by atoms with van der Waals surface area (Å²) in [5.41, 5.74) is 0.868. The van der Waals surface area contributed by atoms with Gasteiger partial charge in [-0.2, -0.15) is 0 Å². The molecule has 20 heavy (non-hydrogen) atoms. The average molecular weight is 315 g/mol. The van der Waals surface area contributed by atoms with Crippen LogP contribution in [0.25, 0.3) is 0 Å². The first-order chi connectivity index (χ1) is 9.65. The van der Waals surface area contributed by atoms with Gasteiger partial charge in [-0.25, -0.2) is 4.79 Å². The van der Waals surface area contributed by atoms with Crippen LogP contribution in [-0.2, 0) is 6.54 Å². The summed E-state index contributed by atoms with van der Waals surface area (Å²) in [6.07, 6.45) is 7.12. The molecule has 0 aliphatic heterocycles. The second kappa shape index (κ2) is 7.75. The Bertz CT molecular complexity index is 457. The molecule has 0 bridgehead atoms. The molecule has 0 heterocycles. The molecule has 1 aromatic carbocycles. The zero-order valence-electron chi connectivity index (χ0n) is 11.4. The molecule has 1 fully saturated rings. The molecule has 2 rings (SSSR count). The maximum atomic E-state index is 11.9. The van der Waals surface area contributed by atoms with Crippen LogP contribution in [0.2, 0.25) is 10.0 Å². The fourth-order valence-electron chi connectivity index (χ4n) is 2.50. The Hall–Kier alpha value is -0.930. The van der Waals surface area contributed by atoms with Crippen molar-refractivity contribution in [2.24, 2.45) is 0 Å². The van der Waals surface area contributed by atoms with Gasteiger partial charge in [0, 0.05) is 22.6 Å². The lowest BCUT2D eigenvalue weighted by molar-refractivity contribution is 0.235. The standard InChI is InChI=1S/C15H20Cl2N2O/c16-12-8-7-11(14(17)9-12)10-18-15(20)19-13-5-3-1-2-4-6-13/h7-9,13H,1-6,10H2,(H2,18,19,20). The monoisotopic (exact) mass is 314 g/mol. The van der Waals surface area contributed by atoms with Gasteiger partial charge >= 0.3 is 6.03 Å². The molecule has 0 saturated heterocycles. The van der Waals surface area contributed by atoms with Crippen LogP contribution >= 0.6 is 23.2 Å². The molecular weight excluding hydrogens is 295 g/mol. The molecule has 2 N–H and O–H groups in total. The summed E-state index contributed by atoms with van der Waals surface area (Å²) >= 11 is 11.9. The molecular formula is C15H20Cl2N2O. The van der Waals surface area contributed by atoms with Gasteiger partial charge in [0.05, 0.1) is 0 Å². The van der Waals surface area contributed by atoms with E-state index < -0.39 is 0 Å². The van der Waals surface area contributed by atoms with Gasteiger partial charge in [0.2, 0.25) is 0 Å². The van der Waals surface area contributed by atoms with E-state index in [2.05, 4.69) is 10.6 Å². The van der Waals surface area contributed by atoms with Crippen LogP contribution in [0.3, 0.4) is 0 Å². The summed E-state index contributed by atoms with van der Waals surface area (Å²) in [7, 11) is 0. The Labute approximate surface area is 130 Å². The number of carbonyl (C=O) groups excluding carboxylic acids is 1. The summed E-state index contributed by atoms with van der Waals surface area (Å²) in [6.45, 7) is 0.411. The highest BCUT2D eigenvalue weighted by molar-refractivity contribution is 6.35. The molecule has 1 aliphatic rings. The summed E-state index contributed by atoms with van der Waals surface area (Å²) in [5.74, 6) is 0. The summed E-state index contributed by atoms with van der Waals surface area (Å²) < 4.78 is 0. The molecule has 1 saturated carbocycles. The zero-order chi connectivity index (χ0) is 14.4. The van der Waals surface area contributed by atoms with Crippen LogP contribution in [0.1, 0.15) is 44.1 Å². The van der Waals surface area contributed by atoms with Gasteiger partial charge < -0.3 is 10.6 Å². The van der Waals surface area contributed by atoms with Crippen LogP contribution in [-0.4, -0.2) is 12.1 Å².